The van der Waals surface area contributed by atoms with Gasteiger partial charge < -0.3 is 10.6 Å². The molecule has 76 valence electrons. The van der Waals surface area contributed by atoms with E-state index < -0.39 is 0 Å². The SMILES string of the molecule is CNC(=O)CCCNCC1CCC1. The standard InChI is InChI=1S/C10H20N2O/c1-11-10(13)6-3-7-12-8-9-4-2-5-9/h9,12H,2-8H2,1H3,(H,11,13). The van der Waals surface area contributed by atoms with Crippen LogP contribution in [-0.2, 0) is 4.79 Å². The highest BCUT2D eigenvalue weighted by Gasteiger charge is 2.15. The highest BCUT2D eigenvalue weighted by atomic mass is 16.1. The Balaban J connectivity index is 1.80. The van der Waals surface area contributed by atoms with Gasteiger partial charge in [0.25, 0.3) is 0 Å². The molecule has 0 atom stereocenters. The number of carbonyl (C=O) groups excluding carboxylic acids is 1. The lowest BCUT2D eigenvalue weighted by Gasteiger charge is -2.25. The fraction of sp³-hybridized carbons (Fsp3) is 0.900. The van der Waals surface area contributed by atoms with Crippen LogP contribution in [0.1, 0.15) is 32.1 Å². The molecule has 0 saturated heterocycles. The van der Waals surface area contributed by atoms with Crippen LogP contribution in [0.15, 0.2) is 0 Å². The Kier molecular flexibility index (Phi) is 4.83. The van der Waals surface area contributed by atoms with Gasteiger partial charge in [0.2, 0.25) is 5.91 Å². The van der Waals surface area contributed by atoms with Crippen molar-refractivity contribution in [2.24, 2.45) is 5.92 Å². The van der Waals surface area contributed by atoms with E-state index in [1.807, 2.05) is 0 Å². The average molecular weight is 184 g/mol. The summed E-state index contributed by atoms with van der Waals surface area (Å²) in [6, 6.07) is 0. The fourth-order valence-electron chi connectivity index (χ4n) is 1.50. The highest BCUT2D eigenvalue weighted by molar-refractivity contribution is 5.75. The summed E-state index contributed by atoms with van der Waals surface area (Å²) in [4.78, 5) is 10.8. The molecule has 13 heavy (non-hydrogen) atoms. The van der Waals surface area contributed by atoms with E-state index in [4.69, 9.17) is 0 Å². The highest BCUT2D eigenvalue weighted by Crippen LogP contribution is 2.24. The van der Waals surface area contributed by atoms with Crippen molar-refractivity contribution in [1.29, 1.82) is 0 Å². The minimum atomic E-state index is 0.144. The molecule has 1 aliphatic carbocycles. The molecule has 0 heterocycles. The van der Waals surface area contributed by atoms with E-state index in [2.05, 4.69) is 10.6 Å². The van der Waals surface area contributed by atoms with E-state index in [9.17, 15) is 4.79 Å². The van der Waals surface area contributed by atoms with Gasteiger partial charge in [-0.1, -0.05) is 6.42 Å². The molecule has 0 aromatic heterocycles. The molecular formula is C10H20N2O. The van der Waals surface area contributed by atoms with Gasteiger partial charge in [-0.15, -0.1) is 0 Å². The monoisotopic (exact) mass is 184 g/mol. The maximum absolute atomic E-state index is 10.8. The molecule has 1 saturated carbocycles. The minimum Gasteiger partial charge on any atom is -0.359 e. The van der Waals surface area contributed by atoms with E-state index in [0.717, 1.165) is 25.4 Å². The van der Waals surface area contributed by atoms with Crippen LogP contribution in [0.2, 0.25) is 0 Å². The van der Waals surface area contributed by atoms with Gasteiger partial charge in [-0.2, -0.15) is 0 Å². The smallest absolute Gasteiger partial charge is 0.219 e. The second kappa shape index (κ2) is 5.97. The quantitative estimate of drug-likeness (QED) is 0.602. The van der Waals surface area contributed by atoms with Gasteiger partial charge in [0.05, 0.1) is 0 Å². The van der Waals surface area contributed by atoms with Crippen LogP contribution in [0.3, 0.4) is 0 Å². The van der Waals surface area contributed by atoms with Crippen LogP contribution < -0.4 is 10.6 Å². The Hall–Kier alpha value is -0.570. The summed E-state index contributed by atoms with van der Waals surface area (Å²) in [6.45, 7) is 2.12. The van der Waals surface area contributed by atoms with Gasteiger partial charge in [-0.3, -0.25) is 4.79 Å². The number of hydrogen-bond acceptors (Lipinski definition) is 2. The van der Waals surface area contributed by atoms with Gasteiger partial charge in [0.1, 0.15) is 0 Å². The van der Waals surface area contributed by atoms with E-state index in [0.29, 0.717) is 6.42 Å². The van der Waals surface area contributed by atoms with Crippen molar-refractivity contribution in [3.05, 3.63) is 0 Å². The Morgan fingerprint density at radius 3 is 2.77 bits per heavy atom. The first-order valence-corrected chi connectivity index (χ1v) is 5.24. The van der Waals surface area contributed by atoms with Gasteiger partial charge >= 0.3 is 0 Å². The number of rotatable bonds is 6. The average Bonchev–Trinajstić information content (AvgIpc) is 2.07. The van der Waals surface area contributed by atoms with Gasteiger partial charge in [0.15, 0.2) is 0 Å². The van der Waals surface area contributed by atoms with E-state index in [1.165, 1.54) is 19.3 Å². The van der Waals surface area contributed by atoms with E-state index >= 15 is 0 Å². The maximum atomic E-state index is 10.8. The molecule has 3 nitrogen and oxygen atoms in total. The summed E-state index contributed by atoms with van der Waals surface area (Å²) in [7, 11) is 1.68. The fourth-order valence-corrected chi connectivity index (χ4v) is 1.50. The minimum absolute atomic E-state index is 0.144. The summed E-state index contributed by atoms with van der Waals surface area (Å²) in [5.41, 5.74) is 0. The molecule has 0 bridgehead atoms. The lowest BCUT2D eigenvalue weighted by Crippen LogP contribution is -2.28. The Morgan fingerprint density at radius 1 is 1.46 bits per heavy atom. The predicted molar refractivity (Wildman–Crippen MR) is 53.5 cm³/mol. The lowest BCUT2D eigenvalue weighted by molar-refractivity contribution is -0.120. The Labute approximate surface area is 80.3 Å². The molecule has 2 N–H and O–H groups in total. The molecule has 3 heteroatoms. The zero-order chi connectivity index (χ0) is 9.52. The van der Waals surface area contributed by atoms with Crippen LogP contribution in [0.25, 0.3) is 0 Å². The third-order valence-electron chi connectivity index (χ3n) is 2.69. The molecule has 0 radical (unpaired) electrons. The third-order valence-corrected chi connectivity index (χ3v) is 2.69. The Morgan fingerprint density at radius 2 is 2.23 bits per heavy atom. The molecule has 1 rings (SSSR count). The van der Waals surface area contributed by atoms with E-state index in [-0.39, 0.29) is 5.91 Å². The zero-order valence-corrected chi connectivity index (χ0v) is 8.44. The molecular weight excluding hydrogens is 164 g/mol. The number of amides is 1. The second-order valence-corrected chi connectivity index (χ2v) is 3.78. The summed E-state index contributed by atoms with van der Waals surface area (Å²) < 4.78 is 0. The van der Waals surface area contributed by atoms with Crippen molar-refractivity contribution in [1.82, 2.24) is 10.6 Å². The first-order chi connectivity index (χ1) is 6.33. The number of carbonyl (C=O) groups is 1. The summed E-state index contributed by atoms with van der Waals surface area (Å²) >= 11 is 0. The van der Waals surface area contributed by atoms with Crippen molar-refractivity contribution in [2.75, 3.05) is 20.1 Å². The normalized spacial score (nSPS) is 16.7. The number of hydrogen-bond donors (Lipinski definition) is 2. The van der Waals surface area contributed by atoms with Crippen molar-refractivity contribution in [2.45, 2.75) is 32.1 Å². The third kappa shape index (κ3) is 4.27. The lowest BCUT2D eigenvalue weighted by atomic mass is 9.85. The predicted octanol–water partition coefficient (Wildman–Crippen LogP) is 0.902. The first-order valence-electron chi connectivity index (χ1n) is 5.24. The topological polar surface area (TPSA) is 41.1 Å². The maximum Gasteiger partial charge on any atom is 0.219 e. The zero-order valence-electron chi connectivity index (χ0n) is 8.44. The molecule has 0 unspecified atom stereocenters. The molecule has 1 amide bonds. The summed E-state index contributed by atoms with van der Waals surface area (Å²) in [6.07, 6.45) is 5.79. The van der Waals surface area contributed by atoms with Crippen LogP contribution in [0, 0.1) is 5.92 Å². The van der Waals surface area contributed by atoms with Crippen LogP contribution >= 0.6 is 0 Å². The van der Waals surface area contributed by atoms with Crippen LogP contribution in [0.4, 0.5) is 0 Å². The summed E-state index contributed by atoms with van der Waals surface area (Å²) in [5, 5.41) is 6.01. The van der Waals surface area contributed by atoms with Gasteiger partial charge in [-0.05, 0) is 38.3 Å². The van der Waals surface area contributed by atoms with Crippen molar-refractivity contribution in [3.63, 3.8) is 0 Å². The molecule has 0 aromatic rings. The van der Waals surface area contributed by atoms with Crippen LogP contribution in [-0.4, -0.2) is 26.0 Å². The summed E-state index contributed by atoms with van der Waals surface area (Å²) in [5.74, 6) is 1.06. The molecule has 0 spiro atoms. The molecule has 1 fully saturated rings. The number of nitrogens with one attached hydrogen (secondary N) is 2. The van der Waals surface area contributed by atoms with Crippen molar-refractivity contribution >= 4 is 5.91 Å². The van der Waals surface area contributed by atoms with Crippen LogP contribution in [0.5, 0.6) is 0 Å². The van der Waals surface area contributed by atoms with Crippen molar-refractivity contribution < 1.29 is 4.79 Å². The van der Waals surface area contributed by atoms with E-state index in [1.54, 1.807) is 7.05 Å². The largest absolute Gasteiger partial charge is 0.359 e. The second-order valence-electron chi connectivity index (χ2n) is 3.78. The van der Waals surface area contributed by atoms with Gasteiger partial charge in [0, 0.05) is 13.5 Å². The van der Waals surface area contributed by atoms with Crippen molar-refractivity contribution in [3.8, 4) is 0 Å². The molecule has 0 aliphatic heterocycles. The molecule has 0 aromatic carbocycles. The Bertz CT molecular complexity index is 155. The first kappa shape index (κ1) is 10.5. The molecule has 1 aliphatic rings. The van der Waals surface area contributed by atoms with Gasteiger partial charge in [-0.25, -0.2) is 0 Å².